The summed E-state index contributed by atoms with van der Waals surface area (Å²) in [6, 6.07) is -0.959. The second kappa shape index (κ2) is 8.42. The number of aryl methyl sites for hydroxylation is 2. The largest absolute Gasteiger partial charge is 0.456 e. The topological polar surface area (TPSA) is 115 Å². The molecule has 2 aliphatic carbocycles. The quantitative estimate of drug-likeness (QED) is 0.427. The number of thiophene rings is 1. The van der Waals surface area contributed by atoms with Crippen molar-refractivity contribution in [3.05, 3.63) is 16.3 Å². The minimum absolute atomic E-state index is 0.144. The van der Waals surface area contributed by atoms with Gasteiger partial charge in [0, 0.05) is 4.88 Å². The Morgan fingerprint density at radius 2 is 1.78 bits per heavy atom. The maximum atomic E-state index is 12.7. The normalized spacial score (nSPS) is 24.2. The lowest BCUT2D eigenvalue weighted by molar-refractivity contribution is -0.159. The number of nitrogens with zero attached hydrogens (tertiary/aromatic N) is 3. The van der Waals surface area contributed by atoms with Crippen LogP contribution in [0.15, 0.2) is 0 Å². The Morgan fingerprint density at radius 1 is 1.09 bits per heavy atom. The summed E-state index contributed by atoms with van der Waals surface area (Å²) in [6.07, 6.45) is 8.89. The van der Waals surface area contributed by atoms with Crippen LogP contribution in [0, 0.1) is 11.8 Å². The lowest BCUT2D eigenvalue weighted by Gasteiger charge is -2.21. The zero-order valence-electron chi connectivity index (χ0n) is 18.3. The van der Waals surface area contributed by atoms with Crippen molar-refractivity contribution in [2.45, 2.75) is 77.4 Å². The van der Waals surface area contributed by atoms with Crippen LogP contribution < -0.4 is 5.73 Å². The van der Waals surface area contributed by atoms with Gasteiger partial charge in [0.15, 0.2) is 12.4 Å². The van der Waals surface area contributed by atoms with E-state index in [0.29, 0.717) is 24.5 Å². The number of ether oxygens (including phenoxy) is 1. The van der Waals surface area contributed by atoms with E-state index in [9.17, 15) is 14.4 Å². The van der Waals surface area contributed by atoms with Crippen molar-refractivity contribution in [3.63, 3.8) is 0 Å². The van der Waals surface area contributed by atoms with Crippen LogP contribution in [0.4, 0.5) is 5.82 Å². The van der Waals surface area contributed by atoms with Gasteiger partial charge in [0.05, 0.1) is 17.2 Å². The summed E-state index contributed by atoms with van der Waals surface area (Å²) < 4.78 is 5.42. The number of aromatic nitrogens is 2. The Bertz CT molecular complexity index is 1070. The van der Waals surface area contributed by atoms with Crippen molar-refractivity contribution < 1.29 is 19.1 Å². The maximum absolute atomic E-state index is 12.7. The zero-order valence-corrected chi connectivity index (χ0v) is 19.1. The molecule has 0 aromatic carbocycles. The summed E-state index contributed by atoms with van der Waals surface area (Å²) >= 11 is 1.65. The van der Waals surface area contributed by atoms with E-state index in [0.717, 1.165) is 47.2 Å². The highest BCUT2D eigenvalue weighted by Gasteiger charge is 2.51. The molecule has 3 atom stereocenters. The summed E-state index contributed by atoms with van der Waals surface area (Å²) in [5.41, 5.74) is 7.53. The molecule has 1 saturated heterocycles. The molecule has 170 valence electrons. The highest BCUT2D eigenvalue weighted by atomic mass is 32.1. The van der Waals surface area contributed by atoms with Crippen molar-refractivity contribution in [1.82, 2.24) is 14.9 Å². The van der Waals surface area contributed by atoms with Crippen molar-refractivity contribution in [2.24, 2.45) is 11.8 Å². The third-order valence-electron chi connectivity index (χ3n) is 7.09. The Kier molecular flexibility index (Phi) is 5.61. The molecule has 0 bridgehead atoms. The summed E-state index contributed by atoms with van der Waals surface area (Å²) in [5.74, 6) is -0.939. The first-order valence-corrected chi connectivity index (χ1v) is 12.4. The molecule has 0 radical (unpaired) electrons. The fraction of sp³-hybridized carbons (Fsp3) is 0.609. The van der Waals surface area contributed by atoms with Gasteiger partial charge in [-0.25, -0.2) is 14.8 Å². The highest BCUT2D eigenvalue weighted by molar-refractivity contribution is 7.19. The number of nitrogen functional groups attached to an aromatic ring is 1. The number of nitrogens with two attached hydrogens (primary N) is 1. The Labute approximate surface area is 190 Å². The van der Waals surface area contributed by atoms with E-state index in [1.54, 1.807) is 18.3 Å². The van der Waals surface area contributed by atoms with Gasteiger partial charge < -0.3 is 10.5 Å². The molecule has 1 saturated carbocycles. The minimum Gasteiger partial charge on any atom is -0.456 e. The van der Waals surface area contributed by atoms with Gasteiger partial charge in [-0.05, 0) is 51.0 Å². The predicted molar refractivity (Wildman–Crippen MR) is 120 cm³/mol. The van der Waals surface area contributed by atoms with Crippen LogP contribution in [0.5, 0.6) is 0 Å². The van der Waals surface area contributed by atoms with Crippen LogP contribution in [0.3, 0.4) is 0 Å². The van der Waals surface area contributed by atoms with Gasteiger partial charge in [0.1, 0.15) is 16.7 Å². The molecule has 0 spiro atoms. The Balaban J connectivity index is 1.29. The Morgan fingerprint density at radius 3 is 2.50 bits per heavy atom. The number of hydrogen-bond donors (Lipinski definition) is 1. The van der Waals surface area contributed by atoms with E-state index in [1.807, 2.05) is 0 Å². The van der Waals surface area contributed by atoms with Crippen LogP contribution >= 0.6 is 11.3 Å². The first-order chi connectivity index (χ1) is 15.5. The number of imide groups is 1. The van der Waals surface area contributed by atoms with E-state index in [-0.39, 0.29) is 30.3 Å². The van der Waals surface area contributed by atoms with Gasteiger partial charge in [0.2, 0.25) is 11.8 Å². The van der Waals surface area contributed by atoms with E-state index < -0.39 is 12.0 Å². The molecular weight excluding hydrogens is 428 g/mol. The molecular formula is C23H28N4O4S. The molecule has 2 fully saturated rings. The lowest BCUT2D eigenvalue weighted by Crippen LogP contribution is -2.44. The zero-order chi connectivity index (χ0) is 22.4. The van der Waals surface area contributed by atoms with E-state index in [4.69, 9.17) is 10.5 Å². The number of anilines is 1. The summed E-state index contributed by atoms with van der Waals surface area (Å²) in [6.45, 7) is 1.40. The number of likely N-dealkylation sites (tertiary alicyclic amines) is 1. The number of esters is 1. The number of rotatable bonds is 4. The Hall–Kier alpha value is -2.55. The molecule has 3 heterocycles. The summed E-state index contributed by atoms with van der Waals surface area (Å²) in [5, 5.41) is 0.936. The molecule has 2 N–H and O–H groups in total. The standard InChI is InChI=1S/C23H28N4O4S/c1-12(27-21(28)13-7-5-6-8-14(13)22(27)29)23(30)31-11-17-25-19(24)18-15-9-3-2-4-10-16(15)32-20(18)26-17/h12-14H,2-11H2,1H3,(H2,24,25,26)/t12-,13?,14?/m0/s1. The first kappa shape index (κ1) is 21.3. The second-order valence-corrected chi connectivity index (χ2v) is 10.2. The van der Waals surface area contributed by atoms with Crippen molar-refractivity contribution in [1.29, 1.82) is 0 Å². The molecule has 9 heteroatoms. The molecule has 2 unspecified atom stereocenters. The average molecular weight is 457 g/mol. The van der Waals surface area contributed by atoms with Gasteiger partial charge in [-0.3, -0.25) is 14.5 Å². The van der Waals surface area contributed by atoms with E-state index in [1.165, 1.54) is 23.3 Å². The number of carbonyl (C=O) groups is 3. The molecule has 5 rings (SSSR count). The number of carbonyl (C=O) groups excluding carboxylic acids is 3. The molecule has 2 aromatic rings. The van der Waals surface area contributed by atoms with Gasteiger partial charge in [-0.1, -0.05) is 19.3 Å². The number of hydrogen-bond acceptors (Lipinski definition) is 8. The van der Waals surface area contributed by atoms with E-state index >= 15 is 0 Å². The summed E-state index contributed by atoms with van der Waals surface area (Å²) in [7, 11) is 0. The van der Waals surface area contributed by atoms with Crippen LogP contribution in [-0.2, 0) is 38.6 Å². The summed E-state index contributed by atoms with van der Waals surface area (Å²) in [4.78, 5) is 50.4. The second-order valence-electron chi connectivity index (χ2n) is 9.10. The smallest absolute Gasteiger partial charge is 0.329 e. The molecule has 1 aliphatic heterocycles. The fourth-order valence-corrected chi connectivity index (χ4v) is 6.69. The number of fused-ring (bicyclic) bond motifs is 4. The monoisotopic (exact) mass is 456 g/mol. The molecule has 2 aromatic heterocycles. The van der Waals surface area contributed by atoms with Gasteiger partial charge in [-0.2, -0.15) is 0 Å². The van der Waals surface area contributed by atoms with Crippen LogP contribution in [-0.4, -0.2) is 38.7 Å². The SMILES string of the molecule is C[C@@H](C(=O)OCc1nc(N)c2c3c(sc2n1)CCCCC3)N1C(=O)C2CCCCC2C1=O. The predicted octanol–water partition coefficient (Wildman–Crippen LogP) is 3.15. The van der Waals surface area contributed by atoms with E-state index in [2.05, 4.69) is 9.97 Å². The highest BCUT2D eigenvalue weighted by Crippen LogP contribution is 2.39. The number of amides is 2. The first-order valence-electron chi connectivity index (χ1n) is 11.6. The van der Waals surface area contributed by atoms with Crippen molar-refractivity contribution in [2.75, 3.05) is 5.73 Å². The molecule has 8 nitrogen and oxygen atoms in total. The third-order valence-corrected chi connectivity index (χ3v) is 8.27. The minimum atomic E-state index is -0.959. The maximum Gasteiger partial charge on any atom is 0.329 e. The third kappa shape index (κ3) is 3.56. The van der Waals surface area contributed by atoms with Crippen LogP contribution in [0.2, 0.25) is 0 Å². The molecule has 3 aliphatic rings. The lowest BCUT2D eigenvalue weighted by atomic mass is 9.81. The van der Waals surface area contributed by atoms with Crippen molar-refractivity contribution >= 4 is 45.2 Å². The van der Waals surface area contributed by atoms with Gasteiger partial charge >= 0.3 is 5.97 Å². The van der Waals surface area contributed by atoms with Crippen LogP contribution in [0.25, 0.3) is 10.2 Å². The molecule has 32 heavy (non-hydrogen) atoms. The van der Waals surface area contributed by atoms with Crippen LogP contribution in [0.1, 0.15) is 68.1 Å². The van der Waals surface area contributed by atoms with Gasteiger partial charge in [0.25, 0.3) is 0 Å². The van der Waals surface area contributed by atoms with Gasteiger partial charge in [-0.15, -0.1) is 11.3 Å². The average Bonchev–Trinajstić information content (AvgIpc) is 3.15. The van der Waals surface area contributed by atoms with Crippen molar-refractivity contribution in [3.8, 4) is 0 Å². The molecule has 2 amide bonds. The fourth-order valence-electron chi connectivity index (χ4n) is 5.40.